The second-order valence-electron chi connectivity index (χ2n) is 7.11. The maximum Gasteiger partial charge on any atom is 0.433 e. The first kappa shape index (κ1) is 22.4. The molecule has 0 bridgehead atoms. The van der Waals surface area contributed by atoms with Crippen LogP contribution in [-0.2, 0) is 15.7 Å². The first-order valence-corrected chi connectivity index (χ1v) is 10.7. The number of hydrogen-bond donors (Lipinski definition) is 1. The summed E-state index contributed by atoms with van der Waals surface area (Å²) in [6.07, 6.45) is -4.75. The summed E-state index contributed by atoms with van der Waals surface area (Å²) >= 11 is 1.15. The number of nitrogens with zero attached hydrogens (tertiary/aromatic N) is 4. The lowest BCUT2D eigenvalue weighted by Crippen LogP contribution is -2.38. The van der Waals surface area contributed by atoms with Crippen molar-refractivity contribution in [1.29, 1.82) is 0 Å². The summed E-state index contributed by atoms with van der Waals surface area (Å²) in [5.41, 5.74) is 4.93. The third-order valence-corrected chi connectivity index (χ3v) is 5.97. The van der Waals surface area contributed by atoms with Crippen LogP contribution < -0.4 is 10.5 Å². The van der Waals surface area contributed by atoms with Gasteiger partial charge in [-0.2, -0.15) is 18.2 Å². The number of primary amides is 1. The van der Waals surface area contributed by atoms with E-state index in [9.17, 15) is 18.0 Å². The second-order valence-corrected chi connectivity index (χ2v) is 8.17. The highest BCUT2D eigenvalue weighted by molar-refractivity contribution is 7.18. The predicted molar refractivity (Wildman–Crippen MR) is 110 cm³/mol. The number of hydrogen-bond acceptors (Lipinski definition) is 8. The summed E-state index contributed by atoms with van der Waals surface area (Å²) in [4.78, 5) is 26.3. The minimum absolute atomic E-state index is 0.121. The van der Waals surface area contributed by atoms with Crippen LogP contribution in [0.4, 0.5) is 13.2 Å². The topological polar surface area (TPSA) is 103 Å². The van der Waals surface area contributed by atoms with Crippen molar-refractivity contribution in [3.63, 3.8) is 0 Å². The van der Waals surface area contributed by atoms with Crippen LogP contribution in [0.2, 0.25) is 0 Å². The molecular weight excluding hydrogens is 447 g/mol. The number of carbonyl (C=O) groups excluding carboxylic acids is 1. The first-order valence-electron chi connectivity index (χ1n) is 9.85. The van der Waals surface area contributed by atoms with Gasteiger partial charge in [-0.15, -0.1) is 11.3 Å². The summed E-state index contributed by atoms with van der Waals surface area (Å²) < 4.78 is 52.0. The van der Waals surface area contributed by atoms with E-state index in [1.165, 1.54) is 0 Å². The number of amides is 1. The predicted octanol–water partition coefficient (Wildman–Crippen LogP) is 2.43. The Morgan fingerprint density at radius 2 is 1.97 bits per heavy atom. The summed E-state index contributed by atoms with van der Waals surface area (Å²) in [6, 6.07) is 7.82. The second kappa shape index (κ2) is 9.35. The van der Waals surface area contributed by atoms with E-state index in [0.717, 1.165) is 22.1 Å². The number of thiazole rings is 1. The van der Waals surface area contributed by atoms with Crippen LogP contribution >= 0.6 is 11.3 Å². The summed E-state index contributed by atoms with van der Waals surface area (Å²) in [5, 5.41) is 0.220. The monoisotopic (exact) mass is 467 g/mol. The van der Waals surface area contributed by atoms with E-state index in [-0.39, 0.29) is 17.5 Å². The number of morpholine rings is 1. The highest BCUT2D eigenvalue weighted by Crippen LogP contribution is 2.34. The van der Waals surface area contributed by atoms with Crippen molar-refractivity contribution in [1.82, 2.24) is 19.9 Å². The molecule has 2 N–H and O–H groups in total. The number of para-hydroxylation sites is 1. The Kier molecular flexibility index (Phi) is 6.53. The van der Waals surface area contributed by atoms with Gasteiger partial charge in [-0.3, -0.25) is 9.69 Å². The lowest BCUT2D eigenvalue weighted by Gasteiger charge is -2.26. The minimum atomic E-state index is -4.75. The van der Waals surface area contributed by atoms with Crippen molar-refractivity contribution >= 4 is 27.5 Å². The minimum Gasteiger partial charge on any atom is -0.476 e. The van der Waals surface area contributed by atoms with Gasteiger partial charge in [-0.1, -0.05) is 12.1 Å². The Bertz CT molecular complexity index is 1070. The number of aromatic nitrogens is 3. The molecule has 1 aliphatic rings. The van der Waals surface area contributed by atoms with Gasteiger partial charge in [-0.25, -0.2) is 9.97 Å². The Hall–Kier alpha value is -2.83. The molecule has 0 saturated carbocycles. The van der Waals surface area contributed by atoms with E-state index in [4.69, 9.17) is 15.2 Å². The molecule has 1 saturated heterocycles. The molecule has 0 radical (unpaired) electrons. The number of nitrogens with two attached hydrogens (primary N) is 1. The molecule has 3 aromatic rings. The van der Waals surface area contributed by atoms with Gasteiger partial charge < -0.3 is 15.2 Å². The van der Waals surface area contributed by atoms with Gasteiger partial charge in [0.1, 0.15) is 17.5 Å². The molecule has 1 aliphatic heterocycles. The van der Waals surface area contributed by atoms with Gasteiger partial charge in [0.2, 0.25) is 11.8 Å². The smallest absolute Gasteiger partial charge is 0.433 e. The zero-order valence-electron chi connectivity index (χ0n) is 16.8. The molecule has 1 unspecified atom stereocenters. The van der Waals surface area contributed by atoms with Crippen LogP contribution in [0.3, 0.4) is 0 Å². The number of ether oxygens (including phenoxy) is 2. The molecule has 1 fully saturated rings. The average Bonchev–Trinajstić information content (AvgIpc) is 3.17. The molecule has 1 atom stereocenters. The molecule has 3 heterocycles. The lowest BCUT2D eigenvalue weighted by molar-refractivity contribution is -0.141. The fourth-order valence-electron chi connectivity index (χ4n) is 3.27. The normalized spacial score (nSPS) is 16.2. The zero-order chi connectivity index (χ0) is 22.7. The molecule has 2 aromatic heterocycles. The summed E-state index contributed by atoms with van der Waals surface area (Å²) in [7, 11) is 0. The highest BCUT2D eigenvalue weighted by Gasteiger charge is 2.36. The number of carbonyl (C=O) groups is 1. The fourth-order valence-corrected chi connectivity index (χ4v) is 4.34. The molecular formula is C20H20F3N5O3S. The van der Waals surface area contributed by atoms with Crippen LogP contribution in [0.5, 0.6) is 5.88 Å². The van der Waals surface area contributed by atoms with Crippen LogP contribution in [0.1, 0.15) is 22.4 Å². The summed E-state index contributed by atoms with van der Waals surface area (Å²) in [5.74, 6) is -2.91. The molecule has 32 heavy (non-hydrogen) atoms. The maximum atomic E-state index is 13.5. The van der Waals surface area contributed by atoms with E-state index in [1.807, 2.05) is 0 Å². The van der Waals surface area contributed by atoms with E-state index in [2.05, 4.69) is 19.9 Å². The van der Waals surface area contributed by atoms with Crippen LogP contribution in [0, 0.1) is 0 Å². The van der Waals surface area contributed by atoms with E-state index < -0.39 is 29.5 Å². The Morgan fingerprint density at radius 1 is 1.22 bits per heavy atom. The van der Waals surface area contributed by atoms with Crippen molar-refractivity contribution in [2.45, 2.75) is 12.1 Å². The standard InChI is InChI=1S/C20H20F3N5O3S/c21-20(22,23)14-11-15(31-10-7-28-5-8-30-9-6-28)27-18(26-14)16(17(24)29)19-25-12-3-1-2-4-13(12)32-19/h1-4,11,16H,5-10H2,(H2,24,29). The maximum absolute atomic E-state index is 13.5. The Labute approximate surface area is 185 Å². The quantitative estimate of drug-likeness (QED) is 0.569. The largest absolute Gasteiger partial charge is 0.476 e. The van der Waals surface area contributed by atoms with Gasteiger partial charge in [-0.05, 0) is 12.1 Å². The van der Waals surface area contributed by atoms with Crippen molar-refractivity contribution in [3.8, 4) is 5.88 Å². The van der Waals surface area contributed by atoms with Gasteiger partial charge in [0, 0.05) is 25.7 Å². The van der Waals surface area contributed by atoms with Crippen molar-refractivity contribution in [3.05, 3.63) is 46.9 Å². The third kappa shape index (κ3) is 5.14. The van der Waals surface area contributed by atoms with E-state index in [1.54, 1.807) is 24.3 Å². The molecule has 4 rings (SSSR count). The van der Waals surface area contributed by atoms with Gasteiger partial charge in [0.25, 0.3) is 0 Å². The van der Waals surface area contributed by atoms with E-state index >= 15 is 0 Å². The average molecular weight is 467 g/mol. The third-order valence-electron chi connectivity index (χ3n) is 4.87. The van der Waals surface area contributed by atoms with Crippen LogP contribution in [0.15, 0.2) is 30.3 Å². The molecule has 0 spiro atoms. The number of alkyl halides is 3. The molecule has 8 nitrogen and oxygen atoms in total. The molecule has 170 valence electrons. The molecule has 1 aromatic carbocycles. The van der Waals surface area contributed by atoms with Gasteiger partial charge >= 0.3 is 6.18 Å². The Balaban J connectivity index is 1.64. The zero-order valence-corrected chi connectivity index (χ0v) is 17.7. The van der Waals surface area contributed by atoms with Crippen LogP contribution in [-0.4, -0.2) is 65.2 Å². The fraction of sp³-hybridized carbons (Fsp3) is 0.400. The van der Waals surface area contributed by atoms with Crippen molar-refractivity contribution in [2.24, 2.45) is 5.73 Å². The SMILES string of the molecule is NC(=O)C(c1nc(OCCN2CCOCC2)cc(C(F)(F)F)n1)c1nc2ccccc2s1. The first-order chi connectivity index (χ1) is 15.3. The van der Waals surface area contributed by atoms with Gasteiger partial charge in [0.05, 0.1) is 23.4 Å². The lowest BCUT2D eigenvalue weighted by atomic mass is 10.1. The number of benzene rings is 1. The van der Waals surface area contributed by atoms with Gasteiger partial charge in [0.15, 0.2) is 11.5 Å². The molecule has 1 amide bonds. The number of rotatable bonds is 7. The Morgan fingerprint density at radius 3 is 2.66 bits per heavy atom. The number of halogens is 3. The highest BCUT2D eigenvalue weighted by atomic mass is 32.1. The molecule has 12 heteroatoms. The van der Waals surface area contributed by atoms with Crippen molar-refractivity contribution in [2.75, 3.05) is 39.5 Å². The van der Waals surface area contributed by atoms with E-state index in [0.29, 0.717) is 38.4 Å². The molecule has 0 aliphatic carbocycles. The number of fused-ring (bicyclic) bond motifs is 1. The van der Waals surface area contributed by atoms with Crippen LogP contribution in [0.25, 0.3) is 10.2 Å². The summed E-state index contributed by atoms with van der Waals surface area (Å²) in [6.45, 7) is 3.25. The van der Waals surface area contributed by atoms with Crippen molar-refractivity contribution < 1.29 is 27.4 Å².